The fraction of sp³-hybridized carbons (Fsp3) is 0.545. The Kier molecular flexibility index (Phi) is 3.73. The molecule has 1 N–H and O–H groups in total. The van der Waals surface area contributed by atoms with E-state index in [4.69, 9.17) is 0 Å². The first kappa shape index (κ1) is 12.8. The smallest absolute Gasteiger partial charge is 0.150 e. The molecule has 0 aliphatic carbocycles. The number of nitrogens with zero attached hydrogens (tertiary/aromatic N) is 1. The Morgan fingerprint density at radius 3 is 2.65 bits per heavy atom. The van der Waals surface area contributed by atoms with Crippen molar-refractivity contribution in [2.45, 2.75) is 25.8 Å². The first-order valence-corrected chi connectivity index (χ1v) is 8.17. The molecule has 0 aromatic carbocycles. The van der Waals surface area contributed by atoms with E-state index in [0.29, 0.717) is 12.8 Å². The van der Waals surface area contributed by atoms with E-state index in [1.54, 1.807) is 6.20 Å². The van der Waals surface area contributed by atoms with Crippen LogP contribution in [-0.4, -0.2) is 30.9 Å². The van der Waals surface area contributed by atoms with Crippen LogP contribution in [0.4, 0.5) is 5.82 Å². The van der Waals surface area contributed by atoms with Crippen LogP contribution >= 0.6 is 15.9 Å². The van der Waals surface area contributed by atoms with Crippen molar-refractivity contribution in [2.75, 3.05) is 16.8 Å². The maximum absolute atomic E-state index is 11.3. The van der Waals surface area contributed by atoms with Crippen LogP contribution < -0.4 is 5.32 Å². The molecule has 4 nitrogen and oxygen atoms in total. The lowest BCUT2D eigenvalue weighted by Gasteiger charge is -2.24. The van der Waals surface area contributed by atoms with Gasteiger partial charge in [0.2, 0.25) is 0 Å². The van der Waals surface area contributed by atoms with E-state index in [1.807, 2.05) is 13.0 Å². The summed E-state index contributed by atoms with van der Waals surface area (Å²) in [5.41, 5.74) is 1.09. The minimum absolute atomic E-state index is 0.199. The van der Waals surface area contributed by atoms with E-state index < -0.39 is 9.84 Å². The van der Waals surface area contributed by atoms with E-state index in [2.05, 4.69) is 26.2 Å². The van der Waals surface area contributed by atoms with Gasteiger partial charge in [0.05, 0.1) is 16.0 Å². The van der Waals surface area contributed by atoms with Crippen molar-refractivity contribution < 1.29 is 8.42 Å². The molecule has 17 heavy (non-hydrogen) atoms. The lowest BCUT2D eigenvalue weighted by Crippen LogP contribution is -2.32. The standard InChI is InChI=1S/C11H15BrN2O2S/c1-8-6-10(12)11(13-7-8)14-9-2-4-17(15,16)5-3-9/h6-7,9H,2-5H2,1H3,(H,13,14). The summed E-state index contributed by atoms with van der Waals surface area (Å²) >= 11 is 3.45. The van der Waals surface area contributed by atoms with Gasteiger partial charge in [0, 0.05) is 12.2 Å². The molecule has 6 heteroatoms. The first-order valence-electron chi connectivity index (χ1n) is 5.55. The fourth-order valence-electron chi connectivity index (χ4n) is 1.87. The highest BCUT2D eigenvalue weighted by molar-refractivity contribution is 9.10. The summed E-state index contributed by atoms with van der Waals surface area (Å²) in [4.78, 5) is 4.30. The van der Waals surface area contributed by atoms with Crippen LogP contribution in [0.15, 0.2) is 16.7 Å². The summed E-state index contributed by atoms with van der Waals surface area (Å²) in [6.07, 6.45) is 3.11. The van der Waals surface area contributed by atoms with Gasteiger partial charge >= 0.3 is 0 Å². The third-order valence-electron chi connectivity index (χ3n) is 2.87. The number of pyridine rings is 1. The van der Waals surface area contributed by atoms with Gasteiger partial charge in [0.25, 0.3) is 0 Å². The van der Waals surface area contributed by atoms with Crippen molar-refractivity contribution in [3.63, 3.8) is 0 Å². The van der Waals surface area contributed by atoms with E-state index in [1.165, 1.54) is 0 Å². The minimum Gasteiger partial charge on any atom is -0.366 e. The number of anilines is 1. The zero-order valence-electron chi connectivity index (χ0n) is 9.61. The zero-order valence-corrected chi connectivity index (χ0v) is 12.0. The number of nitrogens with one attached hydrogen (secondary N) is 1. The van der Waals surface area contributed by atoms with Crippen LogP contribution in [0.5, 0.6) is 0 Å². The molecule has 0 amide bonds. The molecular weight excluding hydrogens is 304 g/mol. The second-order valence-corrected chi connectivity index (χ2v) is 7.57. The van der Waals surface area contributed by atoms with Crippen LogP contribution in [0.3, 0.4) is 0 Å². The van der Waals surface area contributed by atoms with Crippen molar-refractivity contribution >= 4 is 31.6 Å². The molecule has 1 fully saturated rings. The number of hydrogen-bond acceptors (Lipinski definition) is 4. The minimum atomic E-state index is -2.80. The highest BCUT2D eigenvalue weighted by atomic mass is 79.9. The van der Waals surface area contributed by atoms with Crippen LogP contribution in [0, 0.1) is 6.92 Å². The molecule has 1 aromatic heterocycles. The van der Waals surface area contributed by atoms with Gasteiger partial charge in [-0.3, -0.25) is 0 Å². The monoisotopic (exact) mass is 318 g/mol. The van der Waals surface area contributed by atoms with Gasteiger partial charge in [-0.25, -0.2) is 13.4 Å². The third kappa shape index (κ3) is 3.42. The normalized spacial score (nSPS) is 20.1. The lowest BCUT2D eigenvalue weighted by atomic mass is 10.1. The molecule has 1 aliphatic rings. The molecule has 2 rings (SSSR count). The fourth-order valence-corrected chi connectivity index (χ4v) is 3.94. The zero-order chi connectivity index (χ0) is 12.5. The van der Waals surface area contributed by atoms with Crippen molar-refractivity contribution in [1.29, 1.82) is 0 Å². The number of rotatable bonds is 2. The second kappa shape index (κ2) is 4.94. The van der Waals surface area contributed by atoms with Crippen LogP contribution in [-0.2, 0) is 9.84 Å². The molecule has 0 bridgehead atoms. The van der Waals surface area contributed by atoms with Gasteiger partial charge in [-0.05, 0) is 47.3 Å². The van der Waals surface area contributed by atoms with E-state index in [9.17, 15) is 8.42 Å². The van der Waals surface area contributed by atoms with Crippen molar-refractivity contribution in [1.82, 2.24) is 4.98 Å². The summed E-state index contributed by atoms with van der Waals surface area (Å²) in [6.45, 7) is 1.98. The van der Waals surface area contributed by atoms with Gasteiger partial charge < -0.3 is 5.32 Å². The molecule has 1 aliphatic heterocycles. The van der Waals surface area contributed by atoms with Gasteiger partial charge in [-0.1, -0.05) is 0 Å². The highest BCUT2D eigenvalue weighted by Crippen LogP contribution is 2.23. The van der Waals surface area contributed by atoms with Crippen molar-refractivity contribution in [2.24, 2.45) is 0 Å². The summed E-state index contributed by atoms with van der Waals surface area (Å²) in [5, 5.41) is 3.29. The largest absolute Gasteiger partial charge is 0.366 e. The average molecular weight is 319 g/mol. The van der Waals surface area contributed by atoms with E-state index in [-0.39, 0.29) is 17.5 Å². The van der Waals surface area contributed by atoms with Gasteiger partial charge in [0.1, 0.15) is 15.7 Å². The summed E-state index contributed by atoms with van der Waals surface area (Å²) in [7, 11) is -2.80. The summed E-state index contributed by atoms with van der Waals surface area (Å²) < 4.78 is 23.5. The molecule has 1 saturated heterocycles. The van der Waals surface area contributed by atoms with Crippen LogP contribution in [0.1, 0.15) is 18.4 Å². The second-order valence-electron chi connectivity index (χ2n) is 4.41. The average Bonchev–Trinajstić information content (AvgIpc) is 2.25. The summed E-state index contributed by atoms with van der Waals surface area (Å²) in [6, 6.07) is 2.19. The molecule has 0 radical (unpaired) electrons. The van der Waals surface area contributed by atoms with Crippen molar-refractivity contribution in [3.05, 3.63) is 22.3 Å². The quantitative estimate of drug-likeness (QED) is 0.907. The molecular formula is C11H15BrN2O2S. The Balaban J connectivity index is 2.02. The van der Waals surface area contributed by atoms with Crippen LogP contribution in [0.25, 0.3) is 0 Å². The maximum atomic E-state index is 11.3. The highest BCUT2D eigenvalue weighted by Gasteiger charge is 2.23. The SMILES string of the molecule is Cc1cnc(NC2CCS(=O)(=O)CC2)c(Br)c1. The molecule has 94 valence electrons. The Labute approximate surface area is 110 Å². The molecule has 0 atom stereocenters. The summed E-state index contributed by atoms with van der Waals surface area (Å²) in [5.74, 6) is 1.34. The molecule has 1 aromatic rings. The molecule has 2 heterocycles. The van der Waals surface area contributed by atoms with Gasteiger partial charge in [-0.2, -0.15) is 0 Å². The molecule has 0 unspecified atom stereocenters. The van der Waals surface area contributed by atoms with Crippen LogP contribution in [0.2, 0.25) is 0 Å². The predicted octanol–water partition coefficient (Wildman–Crippen LogP) is 2.14. The Morgan fingerprint density at radius 2 is 2.06 bits per heavy atom. The lowest BCUT2D eigenvalue weighted by molar-refractivity contribution is 0.559. The maximum Gasteiger partial charge on any atom is 0.150 e. The number of sulfone groups is 1. The molecule has 0 spiro atoms. The topological polar surface area (TPSA) is 59.1 Å². The Morgan fingerprint density at radius 1 is 1.41 bits per heavy atom. The third-order valence-corrected chi connectivity index (χ3v) is 5.19. The van der Waals surface area contributed by atoms with E-state index in [0.717, 1.165) is 15.9 Å². The first-order chi connectivity index (χ1) is 7.96. The Hall–Kier alpha value is -0.620. The Bertz CT molecular complexity index is 502. The van der Waals surface area contributed by atoms with E-state index >= 15 is 0 Å². The number of hydrogen-bond donors (Lipinski definition) is 1. The molecule has 0 saturated carbocycles. The number of aryl methyl sites for hydroxylation is 1. The predicted molar refractivity (Wildman–Crippen MR) is 72.0 cm³/mol. The van der Waals surface area contributed by atoms with Gasteiger partial charge in [0.15, 0.2) is 0 Å². The number of aromatic nitrogens is 1. The van der Waals surface area contributed by atoms with Crippen molar-refractivity contribution in [3.8, 4) is 0 Å². The van der Waals surface area contributed by atoms with Gasteiger partial charge in [-0.15, -0.1) is 0 Å². The number of halogens is 1.